The van der Waals surface area contributed by atoms with Gasteiger partial charge in [-0.1, -0.05) is 26.0 Å². The summed E-state index contributed by atoms with van der Waals surface area (Å²) in [5.74, 6) is 0.216. The molecule has 0 unspecified atom stereocenters. The second kappa shape index (κ2) is 8.76. The molecule has 0 aliphatic rings. The Kier molecular flexibility index (Phi) is 7.35. The number of para-hydroxylation sites is 2. The van der Waals surface area contributed by atoms with Gasteiger partial charge in [-0.25, -0.2) is 8.42 Å². The number of carbonyl (C=O) groups excluding carboxylic acids is 1. The Balaban J connectivity index is 3.12. The molecule has 0 bridgehead atoms. The van der Waals surface area contributed by atoms with E-state index in [1.165, 1.54) is 7.11 Å². The minimum absolute atomic E-state index is 0.204. The molecule has 1 aromatic carbocycles. The molecule has 0 heterocycles. The number of amides is 1. The maximum Gasteiger partial charge on any atom is 0.243 e. The van der Waals surface area contributed by atoms with Crippen molar-refractivity contribution in [2.24, 2.45) is 0 Å². The summed E-state index contributed by atoms with van der Waals surface area (Å²) in [5, 5.41) is 0. The molecule has 0 aromatic heterocycles. The molecule has 0 fully saturated rings. The summed E-state index contributed by atoms with van der Waals surface area (Å²) < 4.78 is 30.7. The van der Waals surface area contributed by atoms with Gasteiger partial charge in [0.2, 0.25) is 15.9 Å². The molecular weight excluding hydrogens is 316 g/mol. The summed E-state index contributed by atoms with van der Waals surface area (Å²) in [7, 11) is -2.13. The van der Waals surface area contributed by atoms with Crippen molar-refractivity contribution in [2.45, 2.75) is 26.7 Å². The molecule has 0 radical (unpaired) electrons. The topological polar surface area (TPSA) is 66.9 Å². The highest BCUT2D eigenvalue weighted by molar-refractivity contribution is 7.92. The van der Waals surface area contributed by atoms with E-state index in [0.717, 1.165) is 23.4 Å². The maximum absolute atomic E-state index is 12.5. The predicted molar refractivity (Wildman–Crippen MR) is 92.3 cm³/mol. The van der Waals surface area contributed by atoms with Crippen LogP contribution in [0.5, 0.6) is 5.75 Å². The van der Waals surface area contributed by atoms with Crippen LogP contribution in [0, 0.1) is 0 Å². The maximum atomic E-state index is 12.5. The van der Waals surface area contributed by atoms with Crippen LogP contribution < -0.4 is 9.04 Å². The van der Waals surface area contributed by atoms with Crippen LogP contribution >= 0.6 is 0 Å². The first-order chi connectivity index (χ1) is 10.8. The Morgan fingerprint density at radius 2 is 1.70 bits per heavy atom. The molecular formula is C16H26N2O4S. The molecule has 0 aliphatic carbocycles. The van der Waals surface area contributed by atoms with Crippen LogP contribution in [0.4, 0.5) is 5.69 Å². The molecule has 0 atom stereocenters. The number of carbonyl (C=O) groups is 1. The molecule has 6 nitrogen and oxygen atoms in total. The van der Waals surface area contributed by atoms with Gasteiger partial charge in [0.15, 0.2) is 0 Å². The third-order valence-electron chi connectivity index (χ3n) is 3.37. The highest BCUT2D eigenvalue weighted by atomic mass is 32.2. The molecule has 0 saturated carbocycles. The molecule has 0 N–H and O–H groups in total. The number of methoxy groups -OCH3 is 1. The van der Waals surface area contributed by atoms with Crippen molar-refractivity contribution in [3.8, 4) is 5.75 Å². The number of ether oxygens (including phenoxy) is 1. The third-order valence-corrected chi connectivity index (χ3v) is 4.50. The van der Waals surface area contributed by atoms with Crippen LogP contribution in [0.1, 0.15) is 26.7 Å². The van der Waals surface area contributed by atoms with Crippen molar-refractivity contribution in [1.82, 2.24) is 4.90 Å². The van der Waals surface area contributed by atoms with E-state index in [-0.39, 0.29) is 12.5 Å². The van der Waals surface area contributed by atoms with Crippen molar-refractivity contribution in [3.05, 3.63) is 24.3 Å². The van der Waals surface area contributed by atoms with E-state index in [0.29, 0.717) is 24.5 Å². The van der Waals surface area contributed by atoms with Gasteiger partial charge < -0.3 is 9.64 Å². The lowest BCUT2D eigenvalue weighted by molar-refractivity contribution is -0.129. The van der Waals surface area contributed by atoms with Crippen molar-refractivity contribution < 1.29 is 17.9 Å². The lowest BCUT2D eigenvalue weighted by Gasteiger charge is -2.28. The molecule has 23 heavy (non-hydrogen) atoms. The molecule has 0 saturated heterocycles. The minimum atomic E-state index is -3.60. The molecule has 1 rings (SSSR count). The zero-order chi connectivity index (χ0) is 17.5. The standard InChI is InChI=1S/C16H26N2O4S/c1-5-11-17(12-6-2)16(19)13-18(23(4,20)21)14-9-7-8-10-15(14)22-3/h7-10H,5-6,11-13H2,1-4H3. The van der Waals surface area contributed by atoms with Crippen molar-refractivity contribution in [1.29, 1.82) is 0 Å². The first-order valence-electron chi connectivity index (χ1n) is 7.73. The largest absolute Gasteiger partial charge is 0.495 e. The molecule has 1 amide bonds. The lowest BCUT2D eigenvalue weighted by Crippen LogP contribution is -2.43. The number of rotatable bonds is 9. The zero-order valence-electron chi connectivity index (χ0n) is 14.3. The Bertz CT molecular complexity index is 610. The number of anilines is 1. The van der Waals surface area contributed by atoms with E-state index in [4.69, 9.17) is 4.74 Å². The monoisotopic (exact) mass is 342 g/mol. The number of sulfonamides is 1. The normalized spacial score (nSPS) is 11.1. The second-order valence-corrected chi connectivity index (χ2v) is 7.23. The zero-order valence-corrected chi connectivity index (χ0v) is 15.1. The van der Waals surface area contributed by atoms with Gasteiger partial charge in [-0.15, -0.1) is 0 Å². The van der Waals surface area contributed by atoms with E-state index in [2.05, 4.69) is 0 Å². The van der Waals surface area contributed by atoms with Crippen molar-refractivity contribution >= 4 is 21.6 Å². The van der Waals surface area contributed by atoms with Gasteiger partial charge >= 0.3 is 0 Å². The van der Waals surface area contributed by atoms with Gasteiger partial charge in [0, 0.05) is 13.1 Å². The van der Waals surface area contributed by atoms with Gasteiger partial charge in [0.25, 0.3) is 0 Å². The average molecular weight is 342 g/mol. The van der Waals surface area contributed by atoms with E-state index in [9.17, 15) is 13.2 Å². The van der Waals surface area contributed by atoms with Crippen molar-refractivity contribution in [2.75, 3.05) is 37.3 Å². The summed E-state index contributed by atoms with van der Waals surface area (Å²) >= 11 is 0. The number of nitrogens with zero attached hydrogens (tertiary/aromatic N) is 2. The second-order valence-electron chi connectivity index (χ2n) is 5.32. The lowest BCUT2D eigenvalue weighted by atomic mass is 10.3. The quantitative estimate of drug-likeness (QED) is 0.689. The number of benzene rings is 1. The first kappa shape index (κ1) is 19.3. The first-order valence-corrected chi connectivity index (χ1v) is 9.58. The smallest absolute Gasteiger partial charge is 0.243 e. The predicted octanol–water partition coefficient (Wildman–Crippen LogP) is 2.11. The summed E-state index contributed by atoms with van der Waals surface area (Å²) in [6, 6.07) is 6.78. The van der Waals surface area contributed by atoms with Gasteiger partial charge in [0.05, 0.1) is 19.1 Å². The van der Waals surface area contributed by atoms with Gasteiger partial charge in [-0.2, -0.15) is 0 Å². The Morgan fingerprint density at radius 1 is 1.13 bits per heavy atom. The number of hydrogen-bond acceptors (Lipinski definition) is 4. The molecule has 1 aromatic rings. The minimum Gasteiger partial charge on any atom is -0.495 e. The van der Waals surface area contributed by atoms with Gasteiger partial charge in [-0.05, 0) is 25.0 Å². The van der Waals surface area contributed by atoms with Crippen LogP contribution in [-0.4, -0.2) is 52.2 Å². The molecule has 0 aliphatic heterocycles. The van der Waals surface area contributed by atoms with E-state index < -0.39 is 10.0 Å². The van der Waals surface area contributed by atoms with E-state index in [1.54, 1.807) is 29.2 Å². The van der Waals surface area contributed by atoms with Crippen LogP contribution in [0.2, 0.25) is 0 Å². The fraction of sp³-hybridized carbons (Fsp3) is 0.562. The average Bonchev–Trinajstić information content (AvgIpc) is 2.51. The Labute approximate surface area is 139 Å². The van der Waals surface area contributed by atoms with E-state index in [1.807, 2.05) is 13.8 Å². The highest BCUT2D eigenvalue weighted by Gasteiger charge is 2.25. The van der Waals surface area contributed by atoms with Gasteiger partial charge in [0.1, 0.15) is 12.3 Å². The Hall–Kier alpha value is -1.76. The molecule has 7 heteroatoms. The Morgan fingerprint density at radius 3 is 2.17 bits per heavy atom. The van der Waals surface area contributed by atoms with Crippen LogP contribution in [0.25, 0.3) is 0 Å². The SMILES string of the molecule is CCCN(CCC)C(=O)CN(c1ccccc1OC)S(C)(=O)=O. The molecule has 0 spiro atoms. The third kappa shape index (κ3) is 5.42. The molecule has 130 valence electrons. The van der Waals surface area contributed by atoms with Gasteiger partial charge in [-0.3, -0.25) is 9.10 Å². The highest BCUT2D eigenvalue weighted by Crippen LogP contribution is 2.29. The number of hydrogen-bond donors (Lipinski definition) is 0. The summed E-state index contributed by atoms with van der Waals surface area (Å²) in [4.78, 5) is 14.2. The summed E-state index contributed by atoms with van der Waals surface area (Å²) in [5.41, 5.74) is 0.374. The van der Waals surface area contributed by atoms with Crippen LogP contribution in [-0.2, 0) is 14.8 Å². The van der Waals surface area contributed by atoms with Crippen LogP contribution in [0.15, 0.2) is 24.3 Å². The fourth-order valence-electron chi connectivity index (χ4n) is 2.34. The summed E-state index contributed by atoms with van der Waals surface area (Å²) in [6.45, 7) is 5.00. The van der Waals surface area contributed by atoms with E-state index >= 15 is 0 Å². The van der Waals surface area contributed by atoms with Crippen molar-refractivity contribution in [3.63, 3.8) is 0 Å². The van der Waals surface area contributed by atoms with Crippen LogP contribution in [0.3, 0.4) is 0 Å². The summed E-state index contributed by atoms with van der Waals surface area (Å²) in [6.07, 6.45) is 2.76. The fourth-order valence-corrected chi connectivity index (χ4v) is 3.19.